The Hall–Kier alpha value is -2.28. The summed E-state index contributed by atoms with van der Waals surface area (Å²) in [5, 5.41) is 13.6. The van der Waals surface area contributed by atoms with Gasteiger partial charge >= 0.3 is 11.8 Å². The molecule has 9 nitrogen and oxygen atoms in total. The number of carbonyl (C=O) groups excluding carboxylic acids is 2. The van der Waals surface area contributed by atoms with E-state index < -0.39 is 5.91 Å². The van der Waals surface area contributed by atoms with Crippen LogP contribution in [0, 0.1) is 17.4 Å². The zero-order valence-electron chi connectivity index (χ0n) is 15.7. The smallest absolute Gasteiger partial charge is 0.316 e. The molecule has 0 bridgehead atoms. The van der Waals surface area contributed by atoms with Crippen molar-refractivity contribution in [2.75, 3.05) is 13.1 Å². The van der Waals surface area contributed by atoms with E-state index in [1.165, 1.54) is 0 Å². The van der Waals surface area contributed by atoms with Gasteiger partial charge in [-0.15, -0.1) is 0 Å². The van der Waals surface area contributed by atoms with Gasteiger partial charge in [-0.3, -0.25) is 14.3 Å². The molecule has 0 aliphatic carbocycles. The highest BCUT2D eigenvalue weighted by molar-refractivity contribution is 14.1. The maximum atomic E-state index is 12.2. The van der Waals surface area contributed by atoms with E-state index in [9.17, 15) is 9.59 Å². The first kappa shape index (κ1) is 21.4. The average molecular weight is 573 g/mol. The maximum Gasteiger partial charge on any atom is 0.316 e. The number of nitrogens with one attached hydrogen (secondary N) is 2. The second kappa shape index (κ2) is 9.48. The fourth-order valence-electron chi connectivity index (χ4n) is 2.54. The molecule has 2 aromatic heterocycles. The van der Waals surface area contributed by atoms with Crippen LogP contribution >= 0.6 is 38.5 Å². The Kier molecular flexibility index (Phi) is 7.00. The van der Waals surface area contributed by atoms with Gasteiger partial charge in [0.2, 0.25) is 0 Å². The van der Waals surface area contributed by atoms with E-state index in [1.54, 1.807) is 22.9 Å². The summed E-state index contributed by atoms with van der Waals surface area (Å²) in [5.41, 5.74) is 2.45. The minimum atomic E-state index is -0.498. The molecule has 11 heteroatoms. The number of benzene rings is 1. The van der Waals surface area contributed by atoms with Crippen molar-refractivity contribution in [2.45, 2.75) is 20.4 Å². The molecule has 0 unspecified atom stereocenters. The van der Waals surface area contributed by atoms with E-state index in [-0.39, 0.29) is 24.9 Å². The van der Waals surface area contributed by atoms with Gasteiger partial charge in [0.05, 0.1) is 14.8 Å². The Morgan fingerprint density at radius 1 is 1.17 bits per heavy atom. The van der Waals surface area contributed by atoms with Gasteiger partial charge in [0.1, 0.15) is 6.54 Å². The van der Waals surface area contributed by atoms with Crippen molar-refractivity contribution in [1.29, 1.82) is 0 Å². The summed E-state index contributed by atoms with van der Waals surface area (Å²) in [5.74, 6) is -0.499. The van der Waals surface area contributed by atoms with Crippen LogP contribution in [0.4, 0.5) is 0 Å². The Morgan fingerprint density at radius 3 is 2.52 bits per heavy atom. The van der Waals surface area contributed by atoms with Crippen molar-refractivity contribution in [3.8, 4) is 0 Å². The summed E-state index contributed by atoms with van der Waals surface area (Å²) in [6.45, 7) is 4.68. The van der Waals surface area contributed by atoms with Crippen LogP contribution in [0.3, 0.4) is 0 Å². The second-order valence-corrected chi connectivity index (χ2v) is 8.08. The summed E-state index contributed by atoms with van der Waals surface area (Å²) >= 11 is 5.56. The lowest BCUT2D eigenvalue weighted by molar-refractivity contribution is 0.0898. The van der Waals surface area contributed by atoms with E-state index in [0.717, 1.165) is 15.0 Å². The topological polar surface area (TPSA) is 115 Å². The number of aromatic nitrogens is 4. The van der Waals surface area contributed by atoms with Gasteiger partial charge in [0.15, 0.2) is 5.82 Å². The van der Waals surface area contributed by atoms with Gasteiger partial charge in [-0.2, -0.15) is 10.1 Å². The first-order valence-electron chi connectivity index (χ1n) is 8.70. The van der Waals surface area contributed by atoms with E-state index in [1.807, 2.05) is 19.9 Å². The van der Waals surface area contributed by atoms with Gasteiger partial charge < -0.3 is 15.2 Å². The van der Waals surface area contributed by atoms with E-state index in [0.29, 0.717) is 22.4 Å². The van der Waals surface area contributed by atoms with Crippen LogP contribution in [-0.4, -0.2) is 44.8 Å². The Morgan fingerprint density at radius 2 is 1.86 bits per heavy atom. The van der Waals surface area contributed by atoms with E-state index >= 15 is 0 Å². The molecule has 3 aromatic rings. The molecular formula is C18H18BrIN6O3. The minimum absolute atomic E-state index is 0.131. The van der Waals surface area contributed by atoms with Crippen LogP contribution in [0.25, 0.3) is 0 Å². The van der Waals surface area contributed by atoms with Gasteiger partial charge in [0.25, 0.3) is 5.91 Å². The van der Waals surface area contributed by atoms with Gasteiger partial charge in [-0.05, 0) is 64.5 Å². The standard InChI is InChI=1S/C18H18BrIN6O3/c1-10-15(20)11(2)26(24-10)9-14-23-18(29-25-14)17(28)22-8-7-21-16(27)12-5-3-4-6-13(12)19/h3-6H,7-9H2,1-2H3,(H,21,27)(H,22,28). The Labute approximate surface area is 188 Å². The highest BCUT2D eigenvalue weighted by Crippen LogP contribution is 2.16. The molecule has 3 rings (SSSR count). The lowest BCUT2D eigenvalue weighted by Gasteiger charge is -2.07. The molecule has 0 saturated heterocycles. The number of hydrogen-bond acceptors (Lipinski definition) is 6. The molecule has 0 aliphatic rings. The molecule has 0 fully saturated rings. The number of amides is 2. The predicted octanol–water partition coefficient (Wildman–Crippen LogP) is 2.46. The molecule has 2 heterocycles. The van der Waals surface area contributed by atoms with Crippen molar-refractivity contribution >= 4 is 50.3 Å². The highest BCUT2D eigenvalue weighted by atomic mass is 127. The Balaban J connectivity index is 1.48. The summed E-state index contributed by atoms with van der Waals surface area (Å²) in [4.78, 5) is 28.4. The zero-order chi connectivity index (χ0) is 21.0. The molecular weight excluding hydrogens is 555 g/mol. The van der Waals surface area contributed by atoms with E-state index in [2.05, 4.69) is 64.4 Å². The summed E-state index contributed by atoms with van der Waals surface area (Å²) in [7, 11) is 0. The van der Waals surface area contributed by atoms with E-state index in [4.69, 9.17) is 4.52 Å². The van der Waals surface area contributed by atoms with Crippen LogP contribution in [-0.2, 0) is 6.54 Å². The number of halogens is 2. The second-order valence-electron chi connectivity index (χ2n) is 6.15. The van der Waals surface area contributed by atoms with Crippen LogP contribution in [0.2, 0.25) is 0 Å². The van der Waals surface area contributed by atoms with Crippen molar-refractivity contribution in [2.24, 2.45) is 0 Å². The molecule has 0 saturated carbocycles. The highest BCUT2D eigenvalue weighted by Gasteiger charge is 2.17. The molecule has 0 atom stereocenters. The van der Waals surface area contributed by atoms with Crippen molar-refractivity contribution < 1.29 is 14.1 Å². The molecule has 0 aliphatic heterocycles. The summed E-state index contributed by atoms with van der Waals surface area (Å²) in [6.07, 6.45) is 0. The monoisotopic (exact) mass is 572 g/mol. The van der Waals surface area contributed by atoms with Gasteiger partial charge in [0, 0.05) is 23.3 Å². The SMILES string of the molecule is Cc1nn(Cc2noc(C(=O)NCCNC(=O)c3ccccc3Br)n2)c(C)c1I. The van der Waals surface area contributed by atoms with Crippen LogP contribution < -0.4 is 10.6 Å². The normalized spacial score (nSPS) is 10.8. The quantitative estimate of drug-likeness (QED) is 0.332. The number of hydrogen-bond donors (Lipinski definition) is 2. The zero-order valence-corrected chi connectivity index (χ0v) is 19.4. The number of nitrogens with zero attached hydrogens (tertiary/aromatic N) is 4. The molecule has 152 valence electrons. The summed E-state index contributed by atoms with van der Waals surface area (Å²) in [6, 6.07) is 7.11. The van der Waals surface area contributed by atoms with Crippen LogP contribution in [0.15, 0.2) is 33.3 Å². The van der Waals surface area contributed by atoms with Gasteiger partial charge in [-0.1, -0.05) is 17.3 Å². The minimum Gasteiger partial charge on any atom is -0.350 e. The first-order chi connectivity index (χ1) is 13.9. The van der Waals surface area contributed by atoms with Crippen LogP contribution in [0.1, 0.15) is 38.3 Å². The van der Waals surface area contributed by atoms with Crippen molar-refractivity contribution in [3.63, 3.8) is 0 Å². The molecule has 0 radical (unpaired) electrons. The van der Waals surface area contributed by atoms with Crippen molar-refractivity contribution in [3.05, 3.63) is 61.0 Å². The Bertz CT molecular complexity index is 1050. The third-order valence-corrected chi connectivity index (χ3v) is 6.31. The molecule has 2 amide bonds. The first-order valence-corrected chi connectivity index (χ1v) is 10.6. The summed E-state index contributed by atoms with van der Waals surface area (Å²) < 4.78 is 8.58. The van der Waals surface area contributed by atoms with Crippen molar-refractivity contribution in [1.82, 2.24) is 30.6 Å². The number of rotatable bonds is 7. The largest absolute Gasteiger partial charge is 0.350 e. The maximum absolute atomic E-state index is 12.2. The van der Waals surface area contributed by atoms with Crippen LogP contribution in [0.5, 0.6) is 0 Å². The number of aryl methyl sites for hydroxylation is 1. The lowest BCUT2D eigenvalue weighted by Crippen LogP contribution is -2.35. The molecule has 0 spiro atoms. The fourth-order valence-corrected chi connectivity index (χ4v) is 3.39. The van der Waals surface area contributed by atoms with Gasteiger partial charge in [-0.25, -0.2) is 0 Å². The molecule has 29 heavy (non-hydrogen) atoms. The average Bonchev–Trinajstić information content (AvgIpc) is 3.26. The molecule has 2 N–H and O–H groups in total. The fraction of sp³-hybridized carbons (Fsp3) is 0.278. The molecule has 1 aromatic carbocycles. The third-order valence-electron chi connectivity index (χ3n) is 4.06. The lowest BCUT2D eigenvalue weighted by atomic mass is 10.2. The third kappa shape index (κ3) is 5.21. The number of carbonyl (C=O) groups is 2. The predicted molar refractivity (Wildman–Crippen MR) is 117 cm³/mol.